The zero-order valence-electron chi connectivity index (χ0n) is 17.8. The van der Waals surface area contributed by atoms with E-state index in [1.54, 1.807) is 25.3 Å². The summed E-state index contributed by atoms with van der Waals surface area (Å²) in [6, 6.07) is 18.3. The summed E-state index contributed by atoms with van der Waals surface area (Å²) in [6.07, 6.45) is -3.17. The number of halogens is 3. The fraction of sp³-hybridized carbons (Fsp3) is 0.125. The van der Waals surface area contributed by atoms with Crippen LogP contribution in [0.25, 0.3) is 28.2 Å². The van der Waals surface area contributed by atoms with E-state index in [1.165, 1.54) is 33.3 Å². The minimum absolute atomic E-state index is 0.126. The number of benzene rings is 2. The third kappa shape index (κ3) is 4.29. The first-order chi connectivity index (χ1) is 16.3. The van der Waals surface area contributed by atoms with Crippen LogP contribution in [0.3, 0.4) is 0 Å². The first-order valence-electron chi connectivity index (χ1n) is 10.2. The Morgan fingerprint density at radius 3 is 2.35 bits per heavy atom. The Hall–Kier alpha value is -4.34. The zero-order chi connectivity index (χ0) is 23.9. The molecule has 34 heavy (non-hydrogen) atoms. The van der Waals surface area contributed by atoms with E-state index in [1.807, 2.05) is 30.3 Å². The van der Waals surface area contributed by atoms with Crippen LogP contribution in [-0.2, 0) is 6.54 Å². The summed E-state index contributed by atoms with van der Waals surface area (Å²) in [5, 5.41) is 4.36. The Balaban J connectivity index is 1.43. The second kappa shape index (κ2) is 8.22. The van der Waals surface area contributed by atoms with Crippen molar-refractivity contribution in [3.63, 3.8) is 0 Å². The van der Waals surface area contributed by atoms with Crippen LogP contribution in [0.4, 0.5) is 13.2 Å². The van der Waals surface area contributed by atoms with Crippen LogP contribution < -0.4 is 10.4 Å². The van der Waals surface area contributed by atoms with Crippen molar-refractivity contribution in [1.29, 1.82) is 0 Å². The summed E-state index contributed by atoms with van der Waals surface area (Å²) in [7, 11) is 0. The lowest BCUT2D eigenvalue weighted by molar-refractivity contribution is -0.274. The SMILES string of the molecule is Cc1oc(-c2ccccc2)nc1Cn1nc2ccc(-c3ccc(OC(F)(F)F)cc3)cn2c1=O. The zero-order valence-corrected chi connectivity index (χ0v) is 17.8. The van der Waals surface area contributed by atoms with Gasteiger partial charge in [-0.15, -0.1) is 18.3 Å². The van der Waals surface area contributed by atoms with E-state index in [4.69, 9.17) is 4.42 Å². The van der Waals surface area contributed by atoms with Crippen molar-refractivity contribution in [2.75, 3.05) is 0 Å². The Morgan fingerprint density at radius 2 is 1.65 bits per heavy atom. The lowest BCUT2D eigenvalue weighted by atomic mass is 10.1. The first kappa shape index (κ1) is 21.5. The molecular formula is C24H17F3N4O3. The summed E-state index contributed by atoms with van der Waals surface area (Å²) in [5.41, 5.74) is 2.72. The van der Waals surface area contributed by atoms with Crippen molar-refractivity contribution >= 4 is 5.65 Å². The van der Waals surface area contributed by atoms with Gasteiger partial charge in [0.1, 0.15) is 17.2 Å². The van der Waals surface area contributed by atoms with Crippen molar-refractivity contribution in [2.24, 2.45) is 0 Å². The number of hydrogen-bond donors (Lipinski definition) is 0. The Bertz CT molecular complexity index is 1520. The van der Waals surface area contributed by atoms with Gasteiger partial charge in [0.2, 0.25) is 5.89 Å². The number of aromatic nitrogens is 4. The van der Waals surface area contributed by atoms with Crippen molar-refractivity contribution in [1.82, 2.24) is 19.2 Å². The van der Waals surface area contributed by atoms with Gasteiger partial charge in [0, 0.05) is 11.8 Å². The van der Waals surface area contributed by atoms with Crippen LogP contribution >= 0.6 is 0 Å². The number of alkyl halides is 3. The molecule has 5 aromatic rings. The number of oxazole rings is 1. The normalized spacial score (nSPS) is 11.8. The Labute approximate surface area is 190 Å². The molecule has 0 fully saturated rings. The second-order valence-electron chi connectivity index (χ2n) is 7.55. The second-order valence-corrected chi connectivity index (χ2v) is 7.55. The highest BCUT2D eigenvalue weighted by Crippen LogP contribution is 2.27. The highest BCUT2D eigenvalue weighted by atomic mass is 19.4. The van der Waals surface area contributed by atoms with Crippen LogP contribution in [0.5, 0.6) is 5.75 Å². The number of nitrogens with zero attached hydrogens (tertiary/aromatic N) is 4. The highest BCUT2D eigenvalue weighted by molar-refractivity contribution is 5.65. The predicted octanol–water partition coefficient (Wildman–Crippen LogP) is 5.07. The molecule has 0 spiro atoms. The molecule has 0 aliphatic heterocycles. The molecule has 172 valence electrons. The van der Waals surface area contributed by atoms with Crippen LogP contribution in [0, 0.1) is 6.92 Å². The Kier molecular flexibility index (Phi) is 5.20. The van der Waals surface area contributed by atoms with Gasteiger partial charge in [-0.2, -0.15) is 0 Å². The number of aryl methyl sites for hydroxylation is 1. The van der Waals surface area contributed by atoms with Gasteiger partial charge in [-0.05, 0) is 54.4 Å². The van der Waals surface area contributed by atoms with E-state index < -0.39 is 6.36 Å². The summed E-state index contributed by atoms with van der Waals surface area (Å²) < 4.78 is 49.5. The van der Waals surface area contributed by atoms with Gasteiger partial charge >= 0.3 is 12.1 Å². The molecule has 0 N–H and O–H groups in total. The third-order valence-corrected chi connectivity index (χ3v) is 5.21. The molecule has 0 atom stereocenters. The molecule has 3 aromatic heterocycles. The minimum atomic E-state index is -4.76. The van der Waals surface area contributed by atoms with Crippen LogP contribution in [0.15, 0.2) is 82.1 Å². The molecule has 5 rings (SSSR count). The van der Waals surface area contributed by atoms with Crippen LogP contribution in [-0.4, -0.2) is 25.5 Å². The molecule has 0 amide bonds. The molecule has 0 aliphatic carbocycles. The fourth-order valence-electron chi connectivity index (χ4n) is 3.56. The van der Waals surface area contributed by atoms with Crippen molar-refractivity contribution in [2.45, 2.75) is 19.8 Å². The number of rotatable bonds is 5. The topological polar surface area (TPSA) is 74.6 Å². The van der Waals surface area contributed by atoms with Gasteiger partial charge in [-0.25, -0.2) is 18.9 Å². The first-order valence-corrected chi connectivity index (χ1v) is 10.2. The van der Waals surface area contributed by atoms with Gasteiger partial charge in [0.15, 0.2) is 5.65 Å². The number of pyridine rings is 1. The number of ether oxygens (including phenoxy) is 1. The molecule has 0 saturated heterocycles. The van der Waals surface area contributed by atoms with Crippen molar-refractivity contribution in [3.05, 3.63) is 94.9 Å². The maximum atomic E-state index is 13.0. The predicted molar refractivity (Wildman–Crippen MR) is 117 cm³/mol. The third-order valence-electron chi connectivity index (χ3n) is 5.21. The van der Waals surface area contributed by atoms with E-state index >= 15 is 0 Å². The molecule has 0 bridgehead atoms. The van der Waals surface area contributed by atoms with Crippen molar-refractivity contribution < 1.29 is 22.3 Å². The molecule has 3 heterocycles. The largest absolute Gasteiger partial charge is 0.573 e. The molecule has 2 aromatic carbocycles. The summed E-state index contributed by atoms with van der Waals surface area (Å²) >= 11 is 0. The minimum Gasteiger partial charge on any atom is -0.441 e. The van der Waals surface area contributed by atoms with Gasteiger partial charge < -0.3 is 9.15 Å². The maximum Gasteiger partial charge on any atom is 0.573 e. The quantitative estimate of drug-likeness (QED) is 0.362. The molecule has 7 nitrogen and oxygen atoms in total. The van der Waals surface area contributed by atoms with Gasteiger partial charge in [0.05, 0.1) is 6.54 Å². The molecule has 0 radical (unpaired) electrons. The fourth-order valence-corrected chi connectivity index (χ4v) is 3.56. The van der Waals surface area contributed by atoms with Gasteiger partial charge in [-0.3, -0.25) is 0 Å². The Morgan fingerprint density at radius 1 is 0.941 bits per heavy atom. The van der Waals surface area contributed by atoms with Crippen molar-refractivity contribution in [3.8, 4) is 28.3 Å². The molecule has 0 saturated carbocycles. The standard InChI is InChI=1S/C24H17F3N4O3/c1-15-20(28-22(33-15)17-5-3-2-4-6-17)14-31-23(32)30-13-18(9-12-21(30)29-31)16-7-10-19(11-8-16)34-24(25,26)27/h2-13H,14H2,1H3. The number of fused-ring (bicyclic) bond motifs is 1. The lowest BCUT2D eigenvalue weighted by Crippen LogP contribution is -2.22. The molecular weight excluding hydrogens is 449 g/mol. The highest BCUT2D eigenvalue weighted by Gasteiger charge is 2.31. The summed E-state index contributed by atoms with van der Waals surface area (Å²) in [4.78, 5) is 17.5. The smallest absolute Gasteiger partial charge is 0.441 e. The molecule has 0 aliphatic rings. The molecule has 10 heteroatoms. The van der Waals surface area contributed by atoms with E-state index in [-0.39, 0.29) is 18.0 Å². The maximum absolute atomic E-state index is 13.0. The summed E-state index contributed by atoms with van der Waals surface area (Å²) in [5.74, 6) is 0.731. The van der Waals surface area contributed by atoms with Gasteiger partial charge in [-0.1, -0.05) is 30.3 Å². The monoisotopic (exact) mass is 466 g/mol. The average molecular weight is 466 g/mol. The summed E-state index contributed by atoms with van der Waals surface area (Å²) in [6.45, 7) is 1.90. The van der Waals surface area contributed by atoms with E-state index in [0.717, 1.165) is 5.56 Å². The van der Waals surface area contributed by atoms with Crippen LogP contribution in [0.1, 0.15) is 11.5 Å². The van der Waals surface area contributed by atoms with E-state index in [2.05, 4.69) is 14.8 Å². The average Bonchev–Trinajstić information content (AvgIpc) is 3.33. The van der Waals surface area contributed by atoms with E-state index in [9.17, 15) is 18.0 Å². The van der Waals surface area contributed by atoms with E-state index in [0.29, 0.717) is 34.1 Å². The van der Waals surface area contributed by atoms with Gasteiger partial charge in [0.25, 0.3) is 0 Å². The number of hydrogen-bond acceptors (Lipinski definition) is 5. The molecule has 0 unspecified atom stereocenters. The van der Waals surface area contributed by atoms with Crippen LogP contribution in [0.2, 0.25) is 0 Å². The lowest BCUT2D eigenvalue weighted by Gasteiger charge is -2.09.